The number of hydrogen-bond donors (Lipinski definition) is 2. The molecule has 21 heavy (non-hydrogen) atoms. The van der Waals surface area contributed by atoms with Gasteiger partial charge in [0.1, 0.15) is 0 Å². The summed E-state index contributed by atoms with van der Waals surface area (Å²) in [6.45, 7) is 7.89. The molecule has 1 aliphatic rings. The van der Waals surface area contributed by atoms with Crippen LogP contribution in [0.3, 0.4) is 0 Å². The van der Waals surface area contributed by atoms with Crippen LogP contribution in [0, 0.1) is 0 Å². The van der Waals surface area contributed by atoms with Crippen LogP contribution in [0.15, 0.2) is 0 Å². The molecule has 0 saturated heterocycles. The molecule has 1 aliphatic carbocycles. The molecule has 0 unspecified atom stereocenters. The van der Waals surface area contributed by atoms with Crippen molar-refractivity contribution in [2.45, 2.75) is 77.7 Å². The summed E-state index contributed by atoms with van der Waals surface area (Å²) in [6, 6.07) is 0.529. The Bertz CT molecular complexity index is 263. The second-order valence-corrected chi connectivity index (χ2v) is 6.23. The number of urea groups is 1. The highest BCUT2D eigenvalue weighted by molar-refractivity contribution is 5.74. The summed E-state index contributed by atoms with van der Waals surface area (Å²) in [5.41, 5.74) is 0. The van der Waals surface area contributed by atoms with Gasteiger partial charge in [-0.1, -0.05) is 46.0 Å². The molecule has 124 valence electrons. The number of nitrogens with zero attached hydrogens (tertiary/aromatic N) is 1. The summed E-state index contributed by atoms with van der Waals surface area (Å²) < 4.78 is 0. The summed E-state index contributed by atoms with van der Waals surface area (Å²) in [5.74, 6) is 0. The molecule has 0 radical (unpaired) electrons. The first kappa shape index (κ1) is 18.3. The molecule has 4 nitrogen and oxygen atoms in total. The Kier molecular flexibility index (Phi) is 10.3. The van der Waals surface area contributed by atoms with Crippen LogP contribution in [-0.2, 0) is 0 Å². The molecule has 0 spiro atoms. The Hall–Kier alpha value is -0.770. The molecule has 1 rings (SSSR count). The van der Waals surface area contributed by atoms with Crippen LogP contribution in [0.4, 0.5) is 4.79 Å². The Morgan fingerprint density at radius 2 is 1.62 bits per heavy atom. The van der Waals surface area contributed by atoms with Crippen LogP contribution in [0.1, 0.15) is 71.6 Å². The third kappa shape index (κ3) is 8.30. The van der Waals surface area contributed by atoms with Crippen molar-refractivity contribution >= 4 is 6.03 Å². The van der Waals surface area contributed by atoms with Crippen LogP contribution in [0.2, 0.25) is 0 Å². The van der Waals surface area contributed by atoms with E-state index in [9.17, 15) is 4.79 Å². The minimum atomic E-state index is 0.140. The van der Waals surface area contributed by atoms with Crippen LogP contribution >= 0.6 is 0 Å². The maximum atomic E-state index is 12.5. The average Bonchev–Trinajstić information content (AvgIpc) is 2.45. The van der Waals surface area contributed by atoms with Gasteiger partial charge >= 0.3 is 6.03 Å². The zero-order valence-electron chi connectivity index (χ0n) is 14.1. The monoisotopic (exact) mass is 297 g/mol. The summed E-state index contributed by atoms with van der Waals surface area (Å²) in [7, 11) is 0. The van der Waals surface area contributed by atoms with Crippen molar-refractivity contribution in [2.75, 3.05) is 26.2 Å². The maximum Gasteiger partial charge on any atom is 0.317 e. The van der Waals surface area contributed by atoms with E-state index in [0.29, 0.717) is 6.04 Å². The standard InChI is InChI=1S/C17H35N3O/c1-3-12-18-13-15-20(14-4-2)17(21)19-16-10-8-6-5-7-9-11-16/h16,18H,3-15H2,1-2H3,(H,19,21). The minimum Gasteiger partial charge on any atom is -0.335 e. The maximum absolute atomic E-state index is 12.5. The summed E-state index contributed by atoms with van der Waals surface area (Å²) in [5, 5.41) is 6.65. The van der Waals surface area contributed by atoms with Crippen LogP contribution in [0.25, 0.3) is 0 Å². The van der Waals surface area contributed by atoms with Gasteiger partial charge in [0.25, 0.3) is 0 Å². The van der Waals surface area contributed by atoms with Crippen LogP contribution in [0.5, 0.6) is 0 Å². The first-order chi connectivity index (χ1) is 10.3. The van der Waals surface area contributed by atoms with E-state index in [1.54, 1.807) is 0 Å². The molecule has 0 bridgehead atoms. The predicted octanol–water partition coefficient (Wildman–Crippen LogP) is 3.52. The lowest BCUT2D eigenvalue weighted by Crippen LogP contribution is -2.47. The lowest BCUT2D eigenvalue weighted by molar-refractivity contribution is 0.191. The smallest absolute Gasteiger partial charge is 0.317 e. The molecule has 1 saturated carbocycles. The van der Waals surface area contributed by atoms with Crippen molar-refractivity contribution in [3.63, 3.8) is 0 Å². The fourth-order valence-electron chi connectivity index (χ4n) is 2.97. The SMILES string of the molecule is CCCNCCN(CCC)C(=O)NC1CCCCCCC1. The van der Waals surface area contributed by atoms with Gasteiger partial charge in [-0.3, -0.25) is 0 Å². The zero-order chi connectivity index (χ0) is 15.3. The molecule has 0 aromatic carbocycles. The number of hydrogen-bond acceptors (Lipinski definition) is 2. The van der Waals surface area contributed by atoms with Crippen molar-refractivity contribution in [1.82, 2.24) is 15.5 Å². The first-order valence-corrected chi connectivity index (χ1v) is 9.04. The fourth-order valence-corrected chi connectivity index (χ4v) is 2.97. The lowest BCUT2D eigenvalue weighted by Gasteiger charge is -2.27. The van der Waals surface area contributed by atoms with E-state index < -0.39 is 0 Å². The Labute approximate surface area is 131 Å². The molecule has 0 aromatic heterocycles. The highest BCUT2D eigenvalue weighted by Crippen LogP contribution is 2.17. The fraction of sp³-hybridized carbons (Fsp3) is 0.941. The van der Waals surface area contributed by atoms with Gasteiger partial charge in [-0.05, 0) is 32.2 Å². The van der Waals surface area contributed by atoms with Crippen LogP contribution < -0.4 is 10.6 Å². The third-order valence-electron chi connectivity index (χ3n) is 4.20. The molecule has 2 N–H and O–H groups in total. The Balaban J connectivity index is 2.35. The molecule has 2 amide bonds. The van der Waals surface area contributed by atoms with Crippen molar-refractivity contribution < 1.29 is 4.79 Å². The second-order valence-electron chi connectivity index (χ2n) is 6.23. The highest BCUT2D eigenvalue weighted by atomic mass is 16.2. The third-order valence-corrected chi connectivity index (χ3v) is 4.20. The molecular formula is C17H35N3O. The van der Waals surface area contributed by atoms with Gasteiger partial charge in [-0.15, -0.1) is 0 Å². The molecular weight excluding hydrogens is 262 g/mol. The molecule has 0 aliphatic heterocycles. The highest BCUT2D eigenvalue weighted by Gasteiger charge is 2.17. The first-order valence-electron chi connectivity index (χ1n) is 9.04. The van der Waals surface area contributed by atoms with Gasteiger partial charge in [-0.25, -0.2) is 4.79 Å². The molecule has 0 aromatic rings. The number of rotatable bonds is 8. The number of carbonyl (C=O) groups excluding carboxylic acids is 1. The van der Waals surface area contributed by atoms with Crippen molar-refractivity contribution in [1.29, 1.82) is 0 Å². The van der Waals surface area contributed by atoms with E-state index >= 15 is 0 Å². The second kappa shape index (κ2) is 11.8. The van der Waals surface area contributed by atoms with E-state index in [2.05, 4.69) is 24.5 Å². The summed E-state index contributed by atoms with van der Waals surface area (Å²) in [4.78, 5) is 14.4. The summed E-state index contributed by atoms with van der Waals surface area (Å²) in [6.07, 6.45) is 11.0. The van der Waals surface area contributed by atoms with E-state index in [1.165, 1.54) is 32.1 Å². The molecule has 0 atom stereocenters. The van der Waals surface area contributed by atoms with Crippen molar-refractivity contribution in [3.05, 3.63) is 0 Å². The molecule has 4 heteroatoms. The van der Waals surface area contributed by atoms with E-state index in [-0.39, 0.29) is 6.03 Å². The van der Waals surface area contributed by atoms with E-state index in [1.807, 2.05) is 4.90 Å². The van der Waals surface area contributed by atoms with Gasteiger partial charge in [0.15, 0.2) is 0 Å². The van der Waals surface area contributed by atoms with Gasteiger partial charge in [0.2, 0.25) is 0 Å². The average molecular weight is 297 g/mol. The zero-order valence-corrected chi connectivity index (χ0v) is 14.1. The number of carbonyl (C=O) groups is 1. The topological polar surface area (TPSA) is 44.4 Å². The predicted molar refractivity (Wildman–Crippen MR) is 89.7 cm³/mol. The minimum absolute atomic E-state index is 0.140. The lowest BCUT2D eigenvalue weighted by atomic mass is 9.97. The van der Waals surface area contributed by atoms with Gasteiger partial charge in [0, 0.05) is 25.7 Å². The van der Waals surface area contributed by atoms with E-state index in [0.717, 1.165) is 51.9 Å². The Morgan fingerprint density at radius 3 is 2.24 bits per heavy atom. The largest absolute Gasteiger partial charge is 0.335 e. The van der Waals surface area contributed by atoms with Crippen LogP contribution in [-0.4, -0.2) is 43.2 Å². The quantitative estimate of drug-likeness (QED) is 0.673. The van der Waals surface area contributed by atoms with Gasteiger partial charge in [-0.2, -0.15) is 0 Å². The van der Waals surface area contributed by atoms with Gasteiger partial charge in [0.05, 0.1) is 0 Å². The molecule has 0 heterocycles. The van der Waals surface area contributed by atoms with Gasteiger partial charge < -0.3 is 15.5 Å². The van der Waals surface area contributed by atoms with E-state index in [4.69, 9.17) is 0 Å². The normalized spacial score (nSPS) is 17.0. The van der Waals surface area contributed by atoms with Crippen molar-refractivity contribution in [3.8, 4) is 0 Å². The summed E-state index contributed by atoms with van der Waals surface area (Å²) >= 11 is 0. The Morgan fingerprint density at radius 1 is 0.952 bits per heavy atom. The molecule has 1 fully saturated rings. The number of nitrogens with one attached hydrogen (secondary N) is 2. The number of amides is 2. The van der Waals surface area contributed by atoms with Crippen molar-refractivity contribution in [2.24, 2.45) is 0 Å².